The van der Waals surface area contributed by atoms with Gasteiger partial charge in [0.2, 0.25) is 11.8 Å². The van der Waals surface area contributed by atoms with E-state index >= 15 is 0 Å². The van der Waals surface area contributed by atoms with Crippen molar-refractivity contribution in [3.8, 4) is 11.9 Å². The minimum absolute atomic E-state index is 0.227. The molecule has 5 rings (SSSR count). The molecule has 34 heavy (non-hydrogen) atoms. The number of fused-ring (bicyclic) bond motifs is 1. The highest BCUT2D eigenvalue weighted by Crippen LogP contribution is 2.36. The van der Waals surface area contributed by atoms with Crippen LogP contribution in [0.1, 0.15) is 30.7 Å². The maximum absolute atomic E-state index is 10.7. The quantitative estimate of drug-likeness (QED) is 0.466. The van der Waals surface area contributed by atoms with E-state index in [9.17, 15) is 10.2 Å². The highest BCUT2D eigenvalue weighted by molar-refractivity contribution is 5.79. The molecule has 1 aromatic carbocycles. The highest BCUT2D eigenvalue weighted by atomic mass is 16.6. The summed E-state index contributed by atoms with van der Waals surface area (Å²) in [6.07, 6.45) is -1.30. The van der Waals surface area contributed by atoms with Gasteiger partial charge in [-0.05, 0) is 31.0 Å². The van der Waals surface area contributed by atoms with Crippen molar-refractivity contribution in [3.05, 3.63) is 41.7 Å². The van der Waals surface area contributed by atoms with E-state index in [4.69, 9.17) is 19.5 Å². The number of aliphatic hydroxyl groups is 2. The zero-order valence-electron chi connectivity index (χ0n) is 18.7. The van der Waals surface area contributed by atoms with E-state index in [0.29, 0.717) is 41.7 Å². The maximum Gasteiger partial charge on any atom is 0.245 e. The molecule has 0 aliphatic carbocycles. The number of benzene rings is 1. The number of hydrogen-bond acceptors (Lipinski definition) is 10. The van der Waals surface area contributed by atoms with Crippen molar-refractivity contribution in [2.45, 2.75) is 44.5 Å². The predicted molar refractivity (Wildman–Crippen MR) is 120 cm³/mol. The second-order valence-corrected chi connectivity index (χ2v) is 8.58. The van der Waals surface area contributed by atoms with Gasteiger partial charge < -0.3 is 29.7 Å². The lowest BCUT2D eigenvalue weighted by atomic mass is 10.1. The number of rotatable bonds is 7. The highest BCUT2D eigenvalue weighted by Gasteiger charge is 2.43. The van der Waals surface area contributed by atoms with Gasteiger partial charge in [-0.15, -0.1) is 0 Å². The molecule has 3 aromatic rings. The summed E-state index contributed by atoms with van der Waals surface area (Å²) in [5.74, 6) is 1.06. The van der Waals surface area contributed by atoms with E-state index in [1.54, 1.807) is 23.6 Å². The van der Waals surface area contributed by atoms with Crippen molar-refractivity contribution in [3.63, 3.8) is 0 Å². The van der Waals surface area contributed by atoms with Gasteiger partial charge in [0.05, 0.1) is 24.3 Å². The van der Waals surface area contributed by atoms with E-state index < -0.39 is 24.5 Å². The van der Waals surface area contributed by atoms with E-state index in [1.165, 1.54) is 6.33 Å². The van der Waals surface area contributed by atoms with Crippen LogP contribution in [0.2, 0.25) is 0 Å². The zero-order valence-corrected chi connectivity index (χ0v) is 18.7. The van der Waals surface area contributed by atoms with Gasteiger partial charge in [-0.2, -0.15) is 10.2 Å². The lowest BCUT2D eigenvalue weighted by Gasteiger charge is -2.20. The van der Waals surface area contributed by atoms with Crippen LogP contribution in [0.5, 0.6) is 5.88 Å². The van der Waals surface area contributed by atoms with E-state index in [-0.39, 0.29) is 12.5 Å². The molecule has 5 atom stereocenters. The third kappa shape index (κ3) is 4.28. The summed E-state index contributed by atoms with van der Waals surface area (Å²) in [5, 5.41) is 33.2. The first-order valence-electron chi connectivity index (χ1n) is 11.2. The summed E-state index contributed by atoms with van der Waals surface area (Å²) in [4.78, 5) is 13.3. The molecule has 2 aliphatic heterocycles. The lowest BCUT2D eigenvalue weighted by Crippen LogP contribution is -2.31. The monoisotopic (exact) mass is 466 g/mol. The number of anilines is 1. The third-order valence-corrected chi connectivity index (χ3v) is 6.21. The fraction of sp³-hybridized carbons (Fsp3) is 0.478. The standard InChI is InChI=1S/C23H26N6O5/c1-13-18(30)19(31)22(34-13)29-20-17(28-23(29)25-9-16-6-7-32-10-16)21(27-12-26-20)33-11-15-4-2-14(8-24)3-5-15/h2-5,12-13,16,18-19,22,30-31H,6-7,9-11H2,1H3,(H,25,28)/t13-,16?,18-,19-,22-/m1/s1. The van der Waals surface area contributed by atoms with Gasteiger partial charge in [0.25, 0.3) is 0 Å². The zero-order chi connectivity index (χ0) is 23.7. The average Bonchev–Trinajstić information content (AvgIpc) is 3.57. The van der Waals surface area contributed by atoms with Crippen LogP contribution in [0.15, 0.2) is 30.6 Å². The van der Waals surface area contributed by atoms with Crippen LogP contribution in [0.3, 0.4) is 0 Å². The van der Waals surface area contributed by atoms with Crippen molar-refractivity contribution < 1.29 is 24.4 Å². The molecule has 2 saturated heterocycles. The van der Waals surface area contributed by atoms with Gasteiger partial charge in [-0.25, -0.2) is 9.97 Å². The number of imidazole rings is 1. The lowest BCUT2D eigenvalue weighted by molar-refractivity contribution is -0.0287. The first-order chi connectivity index (χ1) is 16.5. The molecule has 4 heterocycles. The number of nitriles is 1. The summed E-state index contributed by atoms with van der Waals surface area (Å²) in [6, 6.07) is 9.18. The molecule has 0 radical (unpaired) electrons. The largest absolute Gasteiger partial charge is 0.471 e. The number of hydrogen-bond donors (Lipinski definition) is 3. The van der Waals surface area contributed by atoms with Gasteiger partial charge >= 0.3 is 0 Å². The summed E-state index contributed by atoms with van der Waals surface area (Å²) < 4.78 is 18.9. The van der Waals surface area contributed by atoms with E-state index in [1.807, 2.05) is 12.1 Å². The topological polar surface area (TPSA) is 148 Å². The number of aliphatic hydroxyl groups excluding tert-OH is 2. The molecule has 11 heteroatoms. The fourth-order valence-corrected chi connectivity index (χ4v) is 4.21. The molecule has 2 aliphatic rings. The molecule has 0 saturated carbocycles. The molecule has 2 fully saturated rings. The maximum atomic E-state index is 10.7. The van der Waals surface area contributed by atoms with Gasteiger partial charge in [0, 0.05) is 19.1 Å². The molecule has 1 unspecified atom stereocenters. The molecule has 3 N–H and O–H groups in total. The van der Waals surface area contributed by atoms with Crippen LogP contribution < -0.4 is 10.1 Å². The van der Waals surface area contributed by atoms with Crippen LogP contribution in [-0.4, -0.2) is 67.8 Å². The number of nitrogens with zero attached hydrogens (tertiary/aromatic N) is 5. The van der Waals surface area contributed by atoms with Crippen LogP contribution >= 0.6 is 0 Å². The first-order valence-corrected chi connectivity index (χ1v) is 11.2. The number of nitrogens with one attached hydrogen (secondary N) is 1. The molecule has 0 bridgehead atoms. The molecule has 0 amide bonds. The Morgan fingerprint density at radius 3 is 2.74 bits per heavy atom. The Morgan fingerprint density at radius 1 is 1.24 bits per heavy atom. The Hall–Kier alpha value is -3.30. The van der Waals surface area contributed by atoms with Crippen molar-refractivity contribution in [1.29, 1.82) is 5.26 Å². The molecular formula is C23H26N6O5. The minimum atomic E-state index is -1.15. The van der Waals surface area contributed by atoms with Crippen LogP contribution in [0.25, 0.3) is 11.2 Å². The minimum Gasteiger partial charge on any atom is -0.471 e. The Labute approximate surface area is 195 Å². The molecule has 178 valence electrons. The summed E-state index contributed by atoms with van der Waals surface area (Å²) in [5.41, 5.74) is 2.27. The fourth-order valence-electron chi connectivity index (χ4n) is 4.21. The Bertz CT molecular complexity index is 1190. The molecule has 2 aromatic heterocycles. The Kier molecular flexibility index (Phi) is 6.30. The predicted octanol–water partition coefficient (Wildman–Crippen LogP) is 1.36. The van der Waals surface area contributed by atoms with Gasteiger partial charge in [-0.1, -0.05) is 12.1 Å². The SMILES string of the molecule is C[C@H]1O[C@@H](n2c(NCC3CCOC3)nc3c(OCc4ccc(C#N)cc4)ncnc32)[C@H](O)[C@@H]1O. The molecule has 0 spiro atoms. The van der Waals surface area contributed by atoms with Crippen molar-refractivity contribution >= 4 is 17.1 Å². The van der Waals surface area contributed by atoms with E-state index in [0.717, 1.165) is 18.6 Å². The van der Waals surface area contributed by atoms with E-state index in [2.05, 4.69) is 26.3 Å². The first kappa shape index (κ1) is 22.5. The number of ether oxygens (including phenoxy) is 3. The van der Waals surface area contributed by atoms with Crippen molar-refractivity contribution in [2.24, 2.45) is 5.92 Å². The summed E-state index contributed by atoms with van der Waals surface area (Å²) >= 11 is 0. The average molecular weight is 466 g/mol. The van der Waals surface area contributed by atoms with Crippen LogP contribution in [0.4, 0.5) is 5.95 Å². The summed E-state index contributed by atoms with van der Waals surface area (Å²) in [6.45, 7) is 3.96. The van der Waals surface area contributed by atoms with Crippen molar-refractivity contribution in [2.75, 3.05) is 25.1 Å². The Morgan fingerprint density at radius 2 is 2.06 bits per heavy atom. The van der Waals surface area contributed by atoms with Gasteiger partial charge in [0.1, 0.15) is 25.1 Å². The third-order valence-electron chi connectivity index (χ3n) is 6.21. The molecule has 11 nitrogen and oxygen atoms in total. The van der Waals surface area contributed by atoms with Gasteiger partial charge in [0.15, 0.2) is 17.4 Å². The van der Waals surface area contributed by atoms with Crippen LogP contribution in [-0.2, 0) is 16.1 Å². The molecular weight excluding hydrogens is 440 g/mol. The van der Waals surface area contributed by atoms with Gasteiger partial charge in [-0.3, -0.25) is 4.57 Å². The number of aromatic nitrogens is 4. The smallest absolute Gasteiger partial charge is 0.245 e. The second-order valence-electron chi connectivity index (χ2n) is 8.58. The Balaban J connectivity index is 1.46. The van der Waals surface area contributed by atoms with Crippen LogP contribution in [0, 0.1) is 17.2 Å². The normalized spacial score (nSPS) is 26.6. The summed E-state index contributed by atoms with van der Waals surface area (Å²) in [7, 11) is 0. The van der Waals surface area contributed by atoms with Crippen molar-refractivity contribution in [1.82, 2.24) is 19.5 Å². The second kappa shape index (κ2) is 9.52.